The average Bonchev–Trinajstić information content (AvgIpc) is 3.19. The first kappa shape index (κ1) is 14.5. The van der Waals surface area contributed by atoms with Gasteiger partial charge in [-0.2, -0.15) is 5.10 Å². The molecule has 2 fully saturated rings. The summed E-state index contributed by atoms with van der Waals surface area (Å²) < 4.78 is 11.1. The van der Waals surface area contributed by atoms with Crippen molar-refractivity contribution in [2.75, 3.05) is 26.4 Å². The van der Waals surface area contributed by atoms with Crippen molar-refractivity contribution < 1.29 is 14.3 Å². The highest BCUT2D eigenvalue weighted by Gasteiger charge is 2.30. The Morgan fingerprint density at radius 1 is 1.43 bits per heavy atom. The van der Waals surface area contributed by atoms with E-state index in [2.05, 4.69) is 10.2 Å². The Hall–Kier alpha value is -1.40. The summed E-state index contributed by atoms with van der Waals surface area (Å²) in [5.74, 6) is 0.180. The van der Waals surface area contributed by atoms with Crippen LogP contribution in [0, 0.1) is 0 Å². The summed E-state index contributed by atoms with van der Waals surface area (Å²) in [4.78, 5) is 14.3. The molecule has 21 heavy (non-hydrogen) atoms. The SMILES string of the molecule is O=C(CCOC1CCOCC1)N1CCCC1c1ccn[nH]1. The smallest absolute Gasteiger partial charge is 0.225 e. The first-order chi connectivity index (χ1) is 10.3. The van der Waals surface area contributed by atoms with Crippen LogP contribution in [0.15, 0.2) is 12.3 Å². The van der Waals surface area contributed by atoms with Crippen LogP contribution in [-0.4, -0.2) is 53.5 Å². The third-order valence-electron chi connectivity index (χ3n) is 4.29. The third kappa shape index (κ3) is 3.63. The number of aromatic nitrogens is 2. The predicted molar refractivity (Wildman–Crippen MR) is 76.7 cm³/mol. The van der Waals surface area contributed by atoms with Crippen LogP contribution in [0.3, 0.4) is 0 Å². The van der Waals surface area contributed by atoms with Gasteiger partial charge in [0, 0.05) is 26.0 Å². The largest absolute Gasteiger partial charge is 0.381 e. The summed E-state index contributed by atoms with van der Waals surface area (Å²) in [7, 11) is 0. The molecule has 2 aliphatic rings. The summed E-state index contributed by atoms with van der Waals surface area (Å²) in [5, 5.41) is 6.97. The molecule has 0 aromatic carbocycles. The van der Waals surface area contributed by atoms with Gasteiger partial charge < -0.3 is 14.4 Å². The Morgan fingerprint density at radius 2 is 2.29 bits per heavy atom. The third-order valence-corrected chi connectivity index (χ3v) is 4.29. The topological polar surface area (TPSA) is 67.5 Å². The molecule has 1 atom stereocenters. The van der Waals surface area contributed by atoms with Crippen LogP contribution in [0.2, 0.25) is 0 Å². The first-order valence-corrected chi connectivity index (χ1v) is 7.82. The number of H-pyrrole nitrogens is 1. The Bertz CT molecular complexity index is 443. The van der Waals surface area contributed by atoms with Crippen molar-refractivity contribution in [2.45, 2.75) is 44.2 Å². The van der Waals surface area contributed by atoms with Gasteiger partial charge in [0.2, 0.25) is 5.91 Å². The maximum atomic E-state index is 12.4. The van der Waals surface area contributed by atoms with Gasteiger partial charge in [0.1, 0.15) is 0 Å². The Morgan fingerprint density at radius 3 is 3.05 bits per heavy atom. The summed E-state index contributed by atoms with van der Waals surface area (Å²) in [6.45, 7) is 2.88. The van der Waals surface area contributed by atoms with Crippen molar-refractivity contribution in [2.24, 2.45) is 0 Å². The van der Waals surface area contributed by atoms with Gasteiger partial charge in [0.05, 0.1) is 30.9 Å². The minimum Gasteiger partial charge on any atom is -0.381 e. The number of amides is 1. The van der Waals surface area contributed by atoms with Crippen LogP contribution in [0.4, 0.5) is 0 Å². The molecular weight excluding hydrogens is 270 g/mol. The van der Waals surface area contributed by atoms with Crippen LogP contribution in [0.1, 0.15) is 43.8 Å². The molecular formula is C15H23N3O3. The van der Waals surface area contributed by atoms with E-state index in [-0.39, 0.29) is 18.1 Å². The number of hydrogen-bond donors (Lipinski definition) is 1. The van der Waals surface area contributed by atoms with E-state index in [0.717, 1.165) is 51.1 Å². The van der Waals surface area contributed by atoms with Crippen LogP contribution in [0.5, 0.6) is 0 Å². The molecule has 0 aliphatic carbocycles. The summed E-state index contributed by atoms with van der Waals surface area (Å²) >= 11 is 0. The zero-order valence-corrected chi connectivity index (χ0v) is 12.3. The lowest BCUT2D eigenvalue weighted by molar-refractivity contribution is -0.134. The molecule has 116 valence electrons. The molecule has 6 heteroatoms. The fourth-order valence-electron chi connectivity index (χ4n) is 3.14. The molecule has 0 radical (unpaired) electrons. The van der Waals surface area contributed by atoms with Gasteiger partial charge >= 0.3 is 0 Å². The quantitative estimate of drug-likeness (QED) is 0.896. The highest BCUT2D eigenvalue weighted by molar-refractivity contribution is 5.77. The summed E-state index contributed by atoms with van der Waals surface area (Å²) in [6, 6.07) is 2.11. The van der Waals surface area contributed by atoms with E-state index >= 15 is 0 Å². The average molecular weight is 293 g/mol. The number of carbonyl (C=O) groups excluding carboxylic acids is 1. The van der Waals surface area contributed by atoms with Crippen molar-refractivity contribution >= 4 is 5.91 Å². The second kappa shape index (κ2) is 7.04. The normalized spacial score (nSPS) is 23.6. The van der Waals surface area contributed by atoms with Crippen LogP contribution >= 0.6 is 0 Å². The van der Waals surface area contributed by atoms with Crippen LogP contribution in [-0.2, 0) is 14.3 Å². The van der Waals surface area contributed by atoms with Gasteiger partial charge in [-0.3, -0.25) is 9.89 Å². The molecule has 1 aromatic rings. The molecule has 0 spiro atoms. The Kier molecular flexibility index (Phi) is 4.87. The zero-order valence-electron chi connectivity index (χ0n) is 12.3. The number of aromatic amines is 1. The van der Waals surface area contributed by atoms with E-state index in [1.165, 1.54) is 0 Å². The number of nitrogens with one attached hydrogen (secondary N) is 1. The molecule has 0 bridgehead atoms. The summed E-state index contributed by atoms with van der Waals surface area (Å²) in [5.41, 5.74) is 1.03. The van der Waals surface area contributed by atoms with E-state index in [4.69, 9.17) is 9.47 Å². The number of ether oxygens (including phenoxy) is 2. The standard InChI is InChI=1S/C15H23N3O3/c19-15(6-11-21-12-4-9-20-10-5-12)18-8-1-2-14(18)13-3-7-16-17-13/h3,7,12,14H,1-2,4-6,8-11H2,(H,16,17). The van der Waals surface area contributed by atoms with Crippen LogP contribution < -0.4 is 0 Å². The number of hydrogen-bond acceptors (Lipinski definition) is 4. The fourth-order valence-corrected chi connectivity index (χ4v) is 3.14. The number of carbonyl (C=O) groups is 1. The maximum absolute atomic E-state index is 12.4. The van der Waals surface area contributed by atoms with Crippen molar-refractivity contribution in [1.82, 2.24) is 15.1 Å². The van der Waals surface area contributed by atoms with E-state index < -0.39 is 0 Å². The second-order valence-corrected chi connectivity index (χ2v) is 5.69. The van der Waals surface area contributed by atoms with Gasteiger partial charge in [-0.1, -0.05) is 0 Å². The lowest BCUT2D eigenvalue weighted by Crippen LogP contribution is -2.32. The highest BCUT2D eigenvalue weighted by atomic mass is 16.5. The van der Waals surface area contributed by atoms with Gasteiger partial charge in [-0.15, -0.1) is 0 Å². The monoisotopic (exact) mass is 293 g/mol. The van der Waals surface area contributed by atoms with Gasteiger partial charge in [-0.25, -0.2) is 0 Å². The predicted octanol–water partition coefficient (Wildman–Crippen LogP) is 1.66. The van der Waals surface area contributed by atoms with Gasteiger partial charge in [-0.05, 0) is 31.7 Å². The molecule has 0 saturated carbocycles. The Labute approximate surface area is 124 Å². The molecule has 1 N–H and O–H groups in total. The van der Waals surface area contributed by atoms with Gasteiger partial charge in [0.15, 0.2) is 0 Å². The van der Waals surface area contributed by atoms with Crippen molar-refractivity contribution in [3.63, 3.8) is 0 Å². The molecule has 1 unspecified atom stereocenters. The van der Waals surface area contributed by atoms with Crippen LogP contribution in [0.25, 0.3) is 0 Å². The minimum atomic E-state index is 0.156. The molecule has 1 aromatic heterocycles. The first-order valence-electron chi connectivity index (χ1n) is 7.82. The number of rotatable bonds is 5. The molecule has 3 rings (SSSR count). The van der Waals surface area contributed by atoms with Crippen molar-refractivity contribution in [1.29, 1.82) is 0 Å². The van der Waals surface area contributed by atoms with E-state index in [9.17, 15) is 4.79 Å². The number of likely N-dealkylation sites (tertiary alicyclic amines) is 1. The molecule has 6 nitrogen and oxygen atoms in total. The van der Waals surface area contributed by atoms with Crippen molar-refractivity contribution in [3.05, 3.63) is 18.0 Å². The molecule has 2 saturated heterocycles. The van der Waals surface area contributed by atoms with E-state index in [0.29, 0.717) is 13.0 Å². The zero-order chi connectivity index (χ0) is 14.5. The molecule has 1 amide bonds. The highest BCUT2D eigenvalue weighted by Crippen LogP contribution is 2.30. The fraction of sp³-hybridized carbons (Fsp3) is 0.733. The Balaban J connectivity index is 1.46. The number of nitrogens with zero attached hydrogens (tertiary/aromatic N) is 2. The lowest BCUT2D eigenvalue weighted by Gasteiger charge is -2.25. The summed E-state index contributed by atoms with van der Waals surface area (Å²) in [6.07, 6.45) is 6.40. The van der Waals surface area contributed by atoms with E-state index in [1.54, 1.807) is 6.20 Å². The minimum absolute atomic E-state index is 0.156. The van der Waals surface area contributed by atoms with Gasteiger partial charge in [0.25, 0.3) is 0 Å². The second-order valence-electron chi connectivity index (χ2n) is 5.69. The lowest BCUT2D eigenvalue weighted by atomic mass is 10.1. The maximum Gasteiger partial charge on any atom is 0.225 e. The van der Waals surface area contributed by atoms with E-state index in [1.807, 2.05) is 11.0 Å². The van der Waals surface area contributed by atoms with Crippen molar-refractivity contribution in [3.8, 4) is 0 Å². The molecule has 3 heterocycles. The molecule has 2 aliphatic heterocycles.